The van der Waals surface area contributed by atoms with Crippen LogP contribution < -0.4 is 9.26 Å². The summed E-state index contributed by atoms with van der Waals surface area (Å²) in [5.41, 5.74) is 6.43. The molecular formula is C15H13F2I2N5. The van der Waals surface area contributed by atoms with Crippen molar-refractivity contribution in [2.24, 2.45) is 0 Å². The van der Waals surface area contributed by atoms with E-state index >= 15 is 0 Å². The lowest BCUT2D eigenvalue weighted by Crippen LogP contribution is -2.04. The maximum atomic E-state index is 14.5. The van der Waals surface area contributed by atoms with E-state index in [2.05, 4.69) is 36.2 Å². The summed E-state index contributed by atoms with van der Waals surface area (Å²) in [7, 11) is 0. The van der Waals surface area contributed by atoms with Gasteiger partial charge < -0.3 is 9.26 Å². The summed E-state index contributed by atoms with van der Waals surface area (Å²) in [6.45, 7) is 3.95. The number of nitrogens with zero attached hydrogens (tertiary/aromatic N) is 3. The zero-order chi connectivity index (χ0) is 17.6. The van der Waals surface area contributed by atoms with Crippen LogP contribution in [0.15, 0.2) is 18.3 Å². The van der Waals surface area contributed by atoms with Crippen LogP contribution in [-0.4, -0.2) is 14.8 Å². The topological polar surface area (TPSA) is 68.8 Å². The molecule has 126 valence electrons. The first kappa shape index (κ1) is 17.6. The first-order valence-electron chi connectivity index (χ1n) is 7.03. The quantitative estimate of drug-likeness (QED) is 0.274. The Bertz CT molecular complexity index is 939. The van der Waals surface area contributed by atoms with Crippen LogP contribution >= 0.6 is 45.5 Å². The summed E-state index contributed by atoms with van der Waals surface area (Å²) >= 11 is 4.12. The highest BCUT2D eigenvalue weighted by atomic mass is 127. The molecule has 3 aromatic rings. The van der Waals surface area contributed by atoms with Gasteiger partial charge in [-0.25, -0.2) is 13.8 Å². The van der Waals surface area contributed by atoms with E-state index in [0.717, 1.165) is 21.2 Å². The zero-order valence-corrected chi connectivity index (χ0v) is 17.1. The number of nitrogens with two attached hydrogens (primary N) is 1. The highest BCUT2D eigenvalue weighted by Crippen LogP contribution is 2.38. The number of nitrogen functional groups attached to an aromatic ring is 1. The number of halogens is 4. The molecule has 5 nitrogen and oxygen atoms in total. The molecule has 0 aliphatic heterocycles. The Labute approximate surface area is 164 Å². The van der Waals surface area contributed by atoms with Crippen molar-refractivity contribution >= 4 is 67.9 Å². The third-order valence-electron chi connectivity index (χ3n) is 3.60. The zero-order valence-electron chi connectivity index (χ0n) is 12.7. The molecule has 0 aliphatic rings. The van der Waals surface area contributed by atoms with Crippen molar-refractivity contribution in [1.29, 1.82) is 0 Å². The molecule has 0 atom stereocenters. The maximum absolute atomic E-state index is 14.5. The predicted octanol–water partition coefficient (Wildman–Crippen LogP) is 4.91. The van der Waals surface area contributed by atoms with E-state index in [4.69, 9.17) is 5.73 Å². The fraction of sp³-hybridized carbons (Fsp3) is 0.200. The Kier molecular flexibility index (Phi) is 4.82. The SMILES string of the molecule is CC(C)n1nc(-c2cc(F)c(N)cc2F)c2c(NI)ncc(I)c21. The number of hydrogen-bond donors (Lipinski definition) is 2. The van der Waals surface area contributed by atoms with Gasteiger partial charge in [-0.1, -0.05) is 0 Å². The van der Waals surface area contributed by atoms with Crippen LogP contribution in [-0.2, 0) is 0 Å². The Morgan fingerprint density at radius 2 is 1.96 bits per heavy atom. The lowest BCUT2D eigenvalue weighted by atomic mass is 10.1. The van der Waals surface area contributed by atoms with E-state index < -0.39 is 11.6 Å². The molecule has 3 N–H and O–H groups in total. The van der Waals surface area contributed by atoms with Gasteiger partial charge in [-0.2, -0.15) is 5.10 Å². The highest BCUT2D eigenvalue weighted by Gasteiger charge is 2.23. The van der Waals surface area contributed by atoms with Crippen molar-refractivity contribution in [3.05, 3.63) is 33.5 Å². The standard InChI is InChI=1S/C15H13F2I2N5/c1-6(2)24-14-10(18)5-21-15(22-19)12(14)13(23-24)7-3-9(17)11(20)4-8(7)16/h3-6H,20H2,1-2H3,(H,21,22). The van der Waals surface area contributed by atoms with E-state index in [-0.39, 0.29) is 17.3 Å². The second kappa shape index (κ2) is 6.58. The minimum absolute atomic E-state index is 0.0425. The minimum atomic E-state index is -0.679. The lowest BCUT2D eigenvalue weighted by Gasteiger charge is -2.08. The fourth-order valence-electron chi connectivity index (χ4n) is 2.51. The van der Waals surface area contributed by atoms with Crippen LogP contribution in [0.2, 0.25) is 0 Å². The molecule has 0 aliphatic carbocycles. The van der Waals surface area contributed by atoms with Gasteiger partial charge in [0.25, 0.3) is 0 Å². The lowest BCUT2D eigenvalue weighted by molar-refractivity contribution is 0.550. The van der Waals surface area contributed by atoms with Crippen molar-refractivity contribution in [3.8, 4) is 11.3 Å². The van der Waals surface area contributed by atoms with Crippen molar-refractivity contribution < 1.29 is 8.78 Å². The van der Waals surface area contributed by atoms with Crippen LogP contribution in [0.5, 0.6) is 0 Å². The highest BCUT2D eigenvalue weighted by molar-refractivity contribution is 14.1. The molecule has 0 bridgehead atoms. The summed E-state index contributed by atoms with van der Waals surface area (Å²) in [6.07, 6.45) is 1.72. The van der Waals surface area contributed by atoms with Gasteiger partial charge in [0.05, 0.1) is 43.0 Å². The number of benzene rings is 1. The van der Waals surface area contributed by atoms with E-state index in [1.807, 2.05) is 36.7 Å². The summed E-state index contributed by atoms with van der Waals surface area (Å²) < 4.78 is 34.0. The third kappa shape index (κ3) is 2.80. The summed E-state index contributed by atoms with van der Waals surface area (Å²) in [4.78, 5) is 4.33. The molecule has 0 amide bonds. The second-order valence-electron chi connectivity index (χ2n) is 5.51. The van der Waals surface area contributed by atoms with Crippen LogP contribution in [0.4, 0.5) is 20.3 Å². The maximum Gasteiger partial charge on any atom is 0.146 e. The number of hydrogen-bond acceptors (Lipinski definition) is 4. The number of rotatable bonds is 3. The van der Waals surface area contributed by atoms with Gasteiger partial charge in [0.15, 0.2) is 0 Å². The smallest absolute Gasteiger partial charge is 0.146 e. The van der Waals surface area contributed by atoms with Crippen LogP contribution in [0.1, 0.15) is 19.9 Å². The average Bonchev–Trinajstić information content (AvgIpc) is 2.93. The first-order valence-corrected chi connectivity index (χ1v) is 9.19. The molecule has 2 aromatic heterocycles. The number of pyridine rings is 1. The van der Waals surface area contributed by atoms with E-state index in [9.17, 15) is 8.78 Å². The van der Waals surface area contributed by atoms with Crippen LogP contribution in [0, 0.1) is 15.2 Å². The summed E-state index contributed by atoms with van der Waals surface area (Å²) in [6, 6.07) is 2.10. The van der Waals surface area contributed by atoms with Gasteiger partial charge in [-0.05, 0) is 42.5 Å². The Morgan fingerprint density at radius 1 is 1.25 bits per heavy atom. The Balaban J connectivity index is 2.45. The molecule has 0 spiro atoms. The van der Waals surface area contributed by atoms with Crippen molar-refractivity contribution in [1.82, 2.24) is 14.8 Å². The molecule has 1 aromatic carbocycles. The van der Waals surface area contributed by atoms with E-state index in [1.165, 1.54) is 0 Å². The number of nitrogens with one attached hydrogen (secondary N) is 1. The average molecular weight is 555 g/mol. The summed E-state index contributed by atoms with van der Waals surface area (Å²) in [5, 5.41) is 5.19. The van der Waals surface area contributed by atoms with Crippen LogP contribution in [0.25, 0.3) is 22.2 Å². The molecule has 0 saturated carbocycles. The number of anilines is 2. The van der Waals surface area contributed by atoms with Crippen molar-refractivity contribution in [2.75, 3.05) is 9.26 Å². The molecule has 0 radical (unpaired) electrons. The van der Waals surface area contributed by atoms with Gasteiger partial charge in [0.1, 0.15) is 23.1 Å². The number of fused-ring (bicyclic) bond motifs is 1. The first-order chi connectivity index (χ1) is 11.3. The van der Waals surface area contributed by atoms with Gasteiger partial charge in [0, 0.05) is 23.9 Å². The Morgan fingerprint density at radius 3 is 2.58 bits per heavy atom. The predicted molar refractivity (Wildman–Crippen MR) is 108 cm³/mol. The molecule has 0 fully saturated rings. The van der Waals surface area contributed by atoms with Gasteiger partial charge in [-0.3, -0.25) is 4.68 Å². The normalized spacial score (nSPS) is 11.5. The molecule has 2 heterocycles. The van der Waals surface area contributed by atoms with Gasteiger partial charge in [0.2, 0.25) is 0 Å². The van der Waals surface area contributed by atoms with Crippen LogP contribution in [0.3, 0.4) is 0 Å². The molecule has 0 saturated heterocycles. The van der Waals surface area contributed by atoms with Gasteiger partial charge >= 0.3 is 0 Å². The molecular weight excluding hydrogens is 542 g/mol. The molecule has 0 unspecified atom stereocenters. The fourth-order valence-corrected chi connectivity index (χ4v) is 3.58. The number of aromatic nitrogens is 3. The minimum Gasteiger partial charge on any atom is -0.396 e. The van der Waals surface area contributed by atoms with E-state index in [0.29, 0.717) is 16.9 Å². The summed E-state index contributed by atoms with van der Waals surface area (Å²) in [5.74, 6) is -0.756. The van der Waals surface area contributed by atoms with E-state index in [1.54, 1.807) is 10.9 Å². The second-order valence-corrected chi connectivity index (χ2v) is 7.21. The van der Waals surface area contributed by atoms with Crippen molar-refractivity contribution in [3.63, 3.8) is 0 Å². The molecule has 9 heteroatoms. The monoisotopic (exact) mass is 555 g/mol. The van der Waals surface area contributed by atoms with Crippen molar-refractivity contribution in [2.45, 2.75) is 19.9 Å². The molecule has 3 rings (SSSR count). The largest absolute Gasteiger partial charge is 0.396 e. The third-order valence-corrected chi connectivity index (χ3v) is 4.90. The Hall–Kier alpha value is -1.24. The molecule has 24 heavy (non-hydrogen) atoms. The van der Waals surface area contributed by atoms with Gasteiger partial charge in [-0.15, -0.1) is 0 Å².